The molecule has 1 aliphatic heterocycles. The summed E-state index contributed by atoms with van der Waals surface area (Å²) in [7, 11) is 0. The Morgan fingerprint density at radius 2 is 1.77 bits per heavy atom. The summed E-state index contributed by atoms with van der Waals surface area (Å²) in [4.78, 5) is 4.89. The molecule has 4 heteroatoms. The van der Waals surface area contributed by atoms with Crippen LogP contribution in [0.3, 0.4) is 0 Å². The number of hydrogen-bond acceptors (Lipinski definition) is 3. The fourth-order valence-corrected chi connectivity index (χ4v) is 3.14. The fourth-order valence-electron chi connectivity index (χ4n) is 2.95. The van der Waals surface area contributed by atoms with Gasteiger partial charge >= 0.3 is 0 Å². The van der Waals surface area contributed by atoms with E-state index in [-0.39, 0.29) is 0 Å². The summed E-state index contributed by atoms with van der Waals surface area (Å²) in [6.45, 7) is 7.25. The van der Waals surface area contributed by atoms with Gasteiger partial charge in [0.2, 0.25) is 0 Å². The first-order valence-corrected chi connectivity index (χ1v) is 8.08. The SMILES string of the molecule is Cc1c(N)cccc1CN1CCN(c2cccc(Cl)c2)CC1. The normalized spacial score (nSPS) is 16.0. The van der Waals surface area contributed by atoms with E-state index in [1.165, 1.54) is 16.8 Å². The highest BCUT2D eigenvalue weighted by molar-refractivity contribution is 6.30. The molecule has 0 aromatic heterocycles. The molecule has 0 saturated carbocycles. The molecule has 3 rings (SSSR count). The summed E-state index contributed by atoms with van der Waals surface area (Å²) in [5, 5.41) is 0.801. The Kier molecular flexibility index (Phi) is 4.55. The average Bonchev–Trinajstić information content (AvgIpc) is 2.53. The van der Waals surface area contributed by atoms with Crippen LogP contribution in [0.15, 0.2) is 42.5 Å². The highest BCUT2D eigenvalue weighted by Gasteiger charge is 2.18. The number of piperazine rings is 1. The van der Waals surface area contributed by atoms with Crippen molar-refractivity contribution in [1.29, 1.82) is 0 Å². The second-order valence-corrected chi connectivity index (χ2v) is 6.31. The van der Waals surface area contributed by atoms with Crippen LogP contribution in [0.4, 0.5) is 11.4 Å². The average molecular weight is 316 g/mol. The van der Waals surface area contributed by atoms with Gasteiger partial charge in [-0.25, -0.2) is 0 Å². The molecule has 116 valence electrons. The second-order valence-electron chi connectivity index (χ2n) is 5.87. The molecular weight excluding hydrogens is 294 g/mol. The maximum absolute atomic E-state index is 6.08. The molecule has 3 nitrogen and oxygen atoms in total. The zero-order valence-corrected chi connectivity index (χ0v) is 13.7. The van der Waals surface area contributed by atoms with Crippen LogP contribution in [0.5, 0.6) is 0 Å². The van der Waals surface area contributed by atoms with E-state index >= 15 is 0 Å². The number of nitrogens with two attached hydrogens (primary N) is 1. The van der Waals surface area contributed by atoms with Crippen molar-refractivity contribution in [2.24, 2.45) is 0 Å². The van der Waals surface area contributed by atoms with E-state index in [1.54, 1.807) is 0 Å². The highest BCUT2D eigenvalue weighted by Crippen LogP contribution is 2.22. The molecule has 1 heterocycles. The first kappa shape index (κ1) is 15.2. The third-order valence-electron chi connectivity index (χ3n) is 4.43. The molecule has 0 spiro atoms. The molecule has 0 radical (unpaired) electrons. The molecule has 0 bridgehead atoms. The van der Waals surface area contributed by atoms with E-state index in [0.29, 0.717) is 0 Å². The Morgan fingerprint density at radius 3 is 2.50 bits per heavy atom. The van der Waals surface area contributed by atoms with Gasteiger partial charge < -0.3 is 10.6 Å². The predicted molar refractivity (Wildman–Crippen MR) is 94.5 cm³/mol. The van der Waals surface area contributed by atoms with Crippen molar-refractivity contribution in [2.45, 2.75) is 13.5 Å². The monoisotopic (exact) mass is 315 g/mol. The summed E-state index contributed by atoms with van der Waals surface area (Å²) < 4.78 is 0. The highest BCUT2D eigenvalue weighted by atomic mass is 35.5. The summed E-state index contributed by atoms with van der Waals surface area (Å²) in [5.74, 6) is 0. The van der Waals surface area contributed by atoms with E-state index in [0.717, 1.165) is 43.4 Å². The Hall–Kier alpha value is -1.71. The van der Waals surface area contributed by atoms with Crippen molar-refractivity contribution in [3.8, 4) is 0 Å². The molecular formula is C18H22ClN3. The topological polar surface area (TPSA) is 32.5 Å². The molecule has 0 aliphatic carbocycles. The van der Waals surface area contributed by atoms with E-state index in [1.807, 2.05) is 30.3 Å². The number of hydrogen-bond donors (Lipinski definition) is 1. The second kappa shape index (κ2) is 6.59. The van der Waals surface area contributed by atoms with Crippen LogP contribution in [-0.4, -0.2) is 31.1 Å². The van der Waals surface area contributed by atoms with E-state index in [9.17, 15) is 0 Å². The number of nitrogens with zero attached hydrogens (tertiary/aromatic N) is 2. The van der Waals surface area contributed by atoms with Gasteiger partial charge in [0.15, 0.2) is 0 Å². The van der Waals surface area contributed by atoms with Crippen molar-refractivity contribution in [3.05, 3.63) is 58.6 Å². The summed E-state index contributed by atoms with van der Waals surface area (Å²) in [6, 6.07) is 14.3. The number of anilines is 2. The van der Waals surface area contributed by atoms with Gasteiger partial charge in [0.05, 0.1) is 0 Å². The van der Waals surface area contributed by atoms with Crippen LogP contribution < -0.4 is 10.6 Å². The first-order valence-electron chi connectivity index (χ1n) is 7.70. The molecule has 1 fully saturated rings. The van der Waals surface area contributed by atoms with Crippen LogP contribution in [0.25, 0.3) is 0 Å². The summed E-state index contributed by atoms with van der Waals surface area (Å²) in [5.41, 5.74) is 10.6. The van der Waals surface area contributed by atoms with Crippen molar-refractivity contribution >= 4 is 23.0 Å². The molecule has 2 N–H and O–H groups in total. The van der Waals surface area contributed by atoms with Crippen LogP contribution in [0, 0.1) is 6.92 Å². The van der Waals surface area contributed by atoms with E-state index < -0.39 is 0 Å². The smallest absolute Gasteiger partial charge is 0.0426 e. The molecule has 0 atom stereocenters. The lowest BCUT2D eigenvalue weighted by Crippen LogP contribution is -2.46. The molecule has 1 aliphatic rings. The van der Waals surface area contributed by atoms with Crippen molar-refractivity contribution < 1.29 is 0 Å². The Balaban J connectivity index is 1.61. The van der Waals surface area contributed by atoms with Gasteiger partial charge in [0, 0.05) is 49.1 Å². The van der Waals surface area contributed by atoms with Crippen molar-refractivity contribution in [1.82, 2.24) is 4.90 Å². The maximum Gasteiger partial charge on any atom is 0.0426 e. The lowest BCUT2D eigenvalue weighted by molar-refractivity contribution is 0.249. The summed E-state index contributed by atoms with van der Waals surface area (Å²) in [6.07, 6.45) is 0. The molecule has 2 aromatic carbocycles. The zero-order chi connectivity index (χ0) is 15.5. The Bertz CT molecular complexity index is 649. The van der Waals surface area contributed by atoms with Crippen LogP contribution >= 0.6 is 11.6 Å². The number of halogens is 1. The summed E-state index contributed by atoms with van der Waals surface area (Å²) >= 11 is 6.08. The van der Waals surface area contributed by atoms with Crippen molar-refractivity contribution in [3.63, 3.8) is 0 Å². The number of benzene rings is 2. The predicted octanol–water partition coefficient (Wildman–Crippen LogP) is 3.55. The fraction of sp³-hybridized carbons (Fsp3) is 0.333. The minimum absolute atomic E-state index is 0.801. The van der Waals surface area contributed by atoms with Crippen LogP contribution in [-0.2, 0) is 6.54 Å². The lowest BCUT2D eigenvalue weighted by Gasteiger charge is -2.36. The number of rotatable bonds is 3. The largest absolute Gasteiger partial charge is 0.399 e. The Morgan fingerprint density at radius 1 is 1.05 bits per heavy atom. The third-order valence-corrected chi connectivity index (χ3v) is 4.66. The van der Waals surface area contributed by atoms with E-state index in [2.05, 4.69) is 28.9 Å². The zero-order valence-electron chi connectivity index (χ0n) is 12.9. The number of nitrogen functional groups attached to an aromatic ring is 1. The van der Waals surface area contributed by atoms with Crippen LogP contribution in [0.2, 0.25) is 5.02 Å². The van der Waals surface area contributed by atoms with Gasteiger partial charge in [-0.2, -0.15) is 0 Å². The molecule has 0 unspecified atom stereocenters. The molecule has 0 amide bonds. The van der Waals surface area contributed by atoms with Gasteiger partial charge in [0.1, 0.15) is 0 Å². The minimum Gasteiger partial charge on any atom is -0.399 e. The standard InChI is InChI=1S/C18H22ClN3/c1-14-15(4-2-7-18(14)20)13-21-8-10-22(11-9-21)17-6-3-5-16(19)12-17/h2-7,12H,8-11,13,20H2,1H3. The van der Waals surface area contributed by atoms with Gasteiger partial charge in [-0.3, -0.25) is 4.90 Å². The van der Waals surface area contributed by atoms with Gasteiger partial charge in [-0.1, -0.05) is 29.8 Å². The Labute approximate surface area is 137 Å². The third kappa shape index (κ3) is 3.37. The molecule has 1 saturated heterocycles. The van der Waals surface area contributed by atoms with Gasteiger partial charge in [-0.15, -0.1) is 0 Å². The quantitative estimate of drug-likeness (QED) is 0.879. The van der Waals surface area contributed by atoms with E-state index in [4.69, 9.17) is 17.3 Å². The van der Waals surface area contributed by atoms with Crippen LogP contribution in [0.1, 0.15) is 11.1 Å². The minimum atomic E-state index is 0.801. The molecule has 22 heavy (non-hydrogen) atoms. The van der Waals surface area contributed by atoms with Gasteiger partial charge in [-0.05, 0) is 42.3 Å². The molecule has 2 aromatic rings. The van der Waals surface area contributed by atoms with Gasteiger partial charge in [0.25, 0.3) is 0 Å². The first-order chi connectivity index (χ1) is 10.6. The maximum atomic E-state index is 6.08. The lowest BCUT2D eigenvalue weighted by atomic mass is 10.1. The van der Waals surface area contributed by atoms with Crippen molar-refractivity contribution in [2.75, 3.05) is 36.8 Å².